The zero-order valence-electron chi connectivity index (χ0n) is 26.0. The predicted octanol–water partition coefficient (Wildman–Crippen LogP) is 2.58. The second-order valence-electron chi connectivity index (χ2n) is 11.3. The number of ether oxygens (including phenoxy) is 1. The highest BCUT2D eigenvalue weighted by Crippen LogP contribution is 2.21. The monoisotopic (exact) mass is 650 g/mol. The van der Waals surface area contributed by atoms with Crippen LogP contribution in [0.2, 0.25) is 0 Å². The number of fused-ring (bicyclic) bond motifs is 1. The van der Waals surface area contributed by atoms with E-state index < -0.39 is 40.3 Å². The smallest absolute Gasteiger partial charge is 0.307 e. The highest BCUT2D eigenvalue weighted by molar-refractivity contribution is 7.89. The van der Waals surface area contributed by atoms with Crippen LogP contribution in [0.3, 0.4) is 0 Å². The average Bonchev–Trinajstić information content (AvgIpc) is 3.05. The van der Waals surface area contributed by atoms with Crippen LogP contribution in [0.4, 0.5) is 0 Å². The van der Waals surface area contributed by atoms with Gasteiger partial charge in [-0.3, -0.25) is 19.8 Å². The topological polar surface area (TPSA) is 175 Å². The zero-order valence-corrected chi connectivity index (χ0v) is 26.8. The summed E-state index contributed by atoms with van der Waals surface area (Å²) in [6.07, 6.45) is 0.926. The largest absolute Gasteiger partial charge is 0.466 e. The normalized spacial score (nSPS) is 14.4. The number of nitrogens with zero attached hydrogens (tertiary/aromatic N) is 2. The first-order valence-corrected chi connectivity index (χ1v) is 16.9. The first kappa shape index (κ1) is 34.4. The van der Waals surface area contributed by atoms with E-state index in [9.17, 15) is 22.8 Å². The number of hydrogen-bond acceptors (Lipinski definition) is 7. The Kier molecular flexibility index (Phi) is 12.1. The van der Waals surface area contributed by atoms with Crippen LogP contribution < -0.4 is 15.8 Å². The summed E-state index contributed by atoms with van der Waals surface area (Å²) in [5.41, 5.74) is 6.36. The average molecular weight is 651 g/mol. The van der Waals surface area contributed by atoms with Crippen LogP contribution in [0.15, 0.2) is 77.7 Å². The van der Waals surface area contributed by atoms with Gasteiger partial charge in [-0.05, 0) is 54.2 Å². The molecule has 1 aliphatic heterocycles. The number of piperidine rings is 1. The maximum atomic E-state index is 14.1. The summed E-state index contributed by atoms with van der Waals surface area (Å²) in [4.78, 5) is 42.7. The van der Waals surface area contributed by atoms with Crippen LogP contribution >= 0.6 is 0 Å². The molecule has 0 aliphatic carbocycles. The van der Waals surface area contributed by atoms with Crippen molar-refractivity contribution in [3.05, 3.63) is 78.4 Å². The quantitative estimate of drug-likeness (QED) is 0.117. The second kappa shape index (κ2) is 16.2. The van der Waals surface area contributed by atoms with E-state index in [1.54, 1.807) is 30.0 Å². The standard InChI is InChI=1S/C33H42N6O6S/c1-2-45-31(41)16-19-39(23-25-8-4-3-5-9-25)32(42)29(21-30(40)36-22-24-14-17-38(18-15-24)33(34)35)37-46(43,44)28-13-12-26-10-6-7-11-27(26)20-28/h3-13,20,24,29,37H,2,14-19,21-23H2,1H3,(H3,34,35)(H,36,40)/t29-/m0/s1. The minimum Gasteiger partial charge on any atom is -0.466 e. The fraction of sp³-hybridized carbons (Fsp3) is 0.394. The van der Waals surface area contributed by atoms with E-state index in [2.05, 4.69) is 10.0 Å². The van der Waals surface area contributed by atoms with Gasteiger partial charge in [0.2, 0.25) is 21.8 Å². The SMILES string of the molecule is CCOC(=O)CCN(Cc1ccccc1)C(=O)[C@H](CC(=O)NCC1CCN(C(=N)N)CC1)NS(=O)(=O)c1ccc2ccccc2c1. The van der Waals surface area contributed by atoms with Gasteiger partial charge in [0.25, 0.3) is 0 Å². The molecule has 5 N–H and O–H groups in total. The van der Waals surface area contributed by atoms with E-state index in [0.717, 1.165) is 23.8 Å². The van der Waals surface area contributed by atoms with E-state index >= 15 is 0 Å². The lowest BCUT2D eigenvalue weighted by Gasteiger charge is -2.32. The molecule has 12 nitrogen and oxygen atoms in total. The molecule has 246 valence electrons. The first-order chi connectivity index (χ1) is 22.1. The van der Waals surface area contributed by atoms with Crippen molar-refractivity contribution in [3.63, 3.8) is 0 Å². The van der Waals surface area contributed by atoms with Gasteiger partial charge in [-0.1, -0.05) is 60.7 Å². The van der Waals surface area contributed by atoms with Crippen LogP contribution in [0, 0.1) is 11.3 Å². The number of guanidine groups is 1. The summed E-state index contributed by atoms with van der Waals surface area (Å²) in [5, 5.41) is 12.0. The molecule has 0 aromatic heterocycles. The summed E-state index contributed by atoms with van der Waals surface area (Å²) in [7, 11) is -4.24. The minimum atomic E-state index is -4.24. The number of nitrogens with one attached hydrogen (secondary N) is 3. The number of amides is 2. The number of hydrogen-bond donors (Lipinski definition) is 4. The van der Waals surface area contributed by atoms with Crippen molar-refractivity contribution >= 4 is 44.5 Å². The molecular formula is C33H42N6O6S. The van der Waals surface area contributed by atoms with Crippen LogP contribution in [-0.2, 0) is 35.7 Å². The van der Waals surface area contributed by atoms with Gasteiger partial charge in [-0.15, -0.1) is 0 Å². The lowest BCUT2D eigenvalue weighted by molar-refractivity contribution is -0.144. The summed E-state index contributed by atoms with van der Waals surface area (Å²) < 4.78 is 34.9. The molecule has 1 fully saturated rings. The Balaban J connectivity index is 1.55. The Labute approximate surface area is 269 Å². The summed E-state index contributed by atoms with van der Waals surface area (Å²) in [5.74, 6) is -1.44. The van der Waals surface area contributed by atoms with Gasteiger partial charge in [-0.25, -0.2) is 8.42 Å². The molecule has 3 aromatic carbocycles. The number of benzene rings is 3. The zero-order chi connectivity index (χ0) is 33.1. The van der Waals surface area contributed by atoms with E-state index in [1.807, 2.05) is 42.5 Å². The molecular weight excluding hydrogens is 608 g/mol. The van der Waals surface area contributed by atoms with Crippen LogP contribution in [0.5, 0.6) is 0 Å². The fourth-order valence-corrected chi connectivity index (χ4v) is 6.64. The molecule has 1 aliphatic rings. The molecule has 1 atom stereocenters. The van der Waals surface area contributed by atoms with Crippen molar-refractivity contribution in [1.82, 2.24) is 19.8 Å². The van der Waals surface area contributed by atoms with Gasteiger partial charge in [0.15, 0.2) is 5.96 Å². The van der Waals surface area contributed by atoms with Crippen molar-refractivity contribution in [3.8, 4) is 0 Å². The van der Waals surface area contributed by atoms with Crippen molar-refractivity contribution in [2.45, 2.75) is 50.1 Å². The highest BCUT2D eigenvalue weighted by atomic mass is 32.2. The van der Waals surface area contributed by atoms with Crippen LogP contribution in [0.1, 0.15) is 38.2 Å². The van der Waals surface area contributed by atoms with Crippen molar-refractivity contribution < 1.29 is 27.5 Å². The number of rotatable bonds is 14. The van der Waals surface area contributed by atoms with E-state index in [4.69, 9.17) is 15.9 Å². The molecule has 3 aromatic rings. The van der Waals surface area contributed by atoms with Gasteiger partial charge in [0, 0.05) is 32.7 Å². The van der Waals surface area contributed by atoms with Crippen molar-refractivity contribution in [1.29, 1.82) is 5.41 Å². The van der Waals surface area contributed by atoms with Crippen molar-refractivity contribution in [2.24, 2.45) is 11.7 Å². The molecule has 0 spiro atoms. The lowest BCUT2D eigenvalue weighted by atomic mass is 9.97. The van der Waals surface area contributed by atoms with Crippen LogP contribution in [-0.4, -0.2) is 80.8 Å². The molecule has 0 unspecified atom stereocenters. The van der Waals surface area contributed by atoms with Gasteiger partial charge < -0.3 is 25.6 Å². The maximum absolute atomic E-state index is 14.1. The Morgan fingerprint density at radius 1 is 1.02 bits per heavy atom. The van der Waals surface area contributed by atoms with Crippen LogP contribution in [0.25, 0.3) is 10.8 Å². The second-order valence-corrected chi connectivity index (χ2v) is 13.0. The number of esters is 1. The number of nitrogens with two attached hydrogens (primary N) is 1. The molecule has 46 heavy (non-hydrogen) atoms. The number of carbonyl (C=O) groups is 3. The summed E-state index contributed by atoms with van der Waals surface area (Å²) in [6, 6.07) is 19.7. The van der Waals surface area contributed by atoms with Gasteiger partial charge in [-0.2, -0.15) is 4.72 Å². The molecule has 2 amide bonds. The third kappa shape index (κ3) is 9.75. The van der Waals surface area contributed by atoms with E-state index in [0.29, 0.717) is 25.0 Å². The minimum absolute atomic E-state index is 0.0190. The van der Waals surface area contributed by atoms with Gasteiger partial charge >= 0.3 is 5.97 Å². The number of sulfonamides is 1. The highest BCUT2D eigenvalue weighted by Gasteiger charge is 2.32. The molecule has 0 saturated carbocycles. The third-order valence-corrected chi connectivity index (χ3v) is 9.45. The molecule has 1 heterocycles. The van der Waals surface area contributed by atoms with Gasteiger partial charge in [0.05, 0.1) is 24.3 Å². The lowest BCUT2D eigenvalue weighted by Crippen LogP contribution is -2.51. The number of likely N-dealkylation sites (tertiary alicyclic amines) is 1. The van der Waals surface area contributed by atoms with E-state index in [1.165, 1.54) is 17.0 Å². The molecule has 1 saturated heterocycles. The Hall–Kier alpha value is -4.49. The fourth-order valence-electron chi connectivity index (χ4n) is 5.41. The Morgan fingerprint density at radius 3 is 2.37 bits per heavy atom. The summed E-state index contributed by atoms with van der Waals surface area (Å²) >= 11 is 0. The molecule has 0 bridgehead atoms. The molecule has 0 radical (unpaired) electrons. The third-order valence-electron chi connectivity index (χ3n) is 7.98. The Morgan fingerprint density at radius 2 is 1.70 bits per heavy atom. The van der Waals surface area contributed by atoms with E-state index in [-0.39, 0.29) is 42.9 Å². The molecule has 4 rings (SSSR count). The van der Waals surface area contributed by atoms with Crippen molar-refractivity contribution in [2.75, 3.05) is 32.8 Å². The maximum Gasteiger partial charge on any atom is 0.307 e. The summed E-state index contributed by atoms with van der Waals surface area (Å²) in [6.45, 7) is 3.51. The first-order valence-electron chi connectivity index (χ1n) is 15.4. The molecule has 13 heteroatoms. The van der Waals surface area contributed by atoms with Gasteiger partial charge in [0.1, 0.15) is 6.04 Å². The Bertz CT molecular complexity index is 1630. The predicted molar refractivity (Wildman–Crippen MR) is 175 cm³/mol. The number of carbonyl (C=O) groups excluding carboxylic acids is 3.